The van der Waals surface area contributed by atoms with Gasteiger partial charge < -0.3 is 5.11 Å². The minimum atomic E-state index is -0.0195. The van der Waals surface area contributed by atoms with Crippen molar-refractivity contribution in [2.75, 3.05) is 0 Å². The van der Waals surface area contributed by atoms with E-state index in [0.717, 1.165) is 32.4 Å². The summed E-state index contributed by atoms with van der Waals surface area (Å²) in [6.45, 7) is 1.91. The summed E-state index contributed by atoms with van der Waals surface area (Å²) < 4.78 is 1.07. The van der Waals surface area contributed by atoms with E-state index in [1.165, 1.54) is 0 Å². The second kappa shape index (κ2) is 3.52. The highest BCUT2D eigenvalue weighted by Gasteiger charge is 2.10. The number of hydrogen-bond donors (Lipinski definition) is 1. The first-order valence-electron chi connectivity index (χ1n) is 4.35. The lowest BCUT2D eigenvalue weighted by Crippen LogP contribution is -1.87. The van der Waals surface area contributed by atoms with Crippen LogP contribution in [0.5, 0.6) is 0 Å². The number of aldehydes is 1. The van der Waals surface area contributed by atoms with E-state index in [-0.39, 0.29) is 6.61 Å². The van der Waals surface area contributed by atoms with Crippen molar-refractivity contribution in [1.82, 2.24) is 0 Å². The lowest BCUT2D eigenvalue weighted by atomic mass is 10.1. The van der Waals surface area contributed by atoms with Gasteiger partial charge in [-0.05, 0) is 18.6 Å². The molecule has 0 spiro atoms. The summed E-state index contributed by atoms with van der Waals surface area (Å²) in [5, 5.41) is 10.1. The third-order valence-corrected chi connectivity index (χ3v) is 3.40. The number of thiophene rings is 1. The van der Waals surface area contributed by atoms with Crippen LogP contribution in [0.15, 0.2) is 18.2 Å². The Labute approximate surface area is 85.8 Å². The Hall–Kier alpha value is -1.19. The molecule has 0 saturated heterocycles. The first-order chi connectivity index (χ1) is 6.77. The van der Waals surface area contributed by atoms with Crippen molar-refractivity contribution in [3.8, 4) is 0 Å². The van der Waals surface area contributed by atoms with Gasteiger partial charge in [0, 0.05) is 20.5 Å². The van der Waals surface area contributed by atoms with Gasteiger partial charge in [0.05, 0.1) is 6.61 Å². The van der Waals surface area contributed by atoms with Crippen molar-refractivity contribution in [2.45, 2.75) is 13.5 Å². The number of carbonyl (C=O) groups excluding carboxylic acids is 1. The van der Waals surface area contributed by atoms with Crippen molar-refractivity contribution < 1.29 is 9.90 Å². The molecule has 0 bridgehead atoms. The first-order valence-corrected chi connectivity index (χ1v) is 5.16. The Balaban J connectivity index is 2.89. The number of fused-ring (bicyclic) bond motifs is 1. The molecule has 0 unspecified atom stereocenters. The summed E-state index contributed by atoms with van der Waals surface area (Å²) in [6.07, 6.45) is 0.868. The third kappa shape index (κ3) is 1.25. The standard InChI is InChI=1S/C11H10O2S/c1-7-9(6-13)11-8(5-12)3-2-4-10(11)14-7/h2-4,6,12H,5H2,1H3. The number of benzene rings is 1. The van der Waals surface area contributed by atoms with E-state index in [9.17, 15) is 4.79 Å². The summed E-state index contributed by atoms with van der Waals surface area (Å²) in [7, 11) is 0. The molecule has 0 aliphatic rings. The maximum absolute atomic E-state index is 10.9. The average Bonchev–Trinajstić information content (AvgIpc) is 2.52. The largest absolute Gasteiger partial charge is 0.392 e. The SMILES string of the molecule is Cc1sc2cccc(CO)c2c1C=O. The number of rotatable bonds is 2. The van der Waals surface area contributed by atoms with E-state index in [1.54, 1.807) is 11.3 Å². The molecule has 1 N–H and O–H groups in total. The lowest BCUT2D eigenvalue weighted by molar-refractivity contribution is 0.112. The molecule has 0 fully saturated rings. The van der Waals surface area contributed by atoms with Crippen LogP contribution in [-0.4, -0.2) is 11.4 Å². The lowest BCUT2D eigenvalue weighted by Gasteiger charge is -1.98. The molecule has 0 aliphatic heterocycles. The molecule has 1 aromatic carbocycles. The van der Waals surface area contributed by atoms with Gasteiger partial charge in [-0.15, -0.1) is 11.3 Å². The van der Waals surface area contributed by atoms with Gasteiger partial charge >= 0.3 is 0 Å². The van der Waals surface area contributed by atoms with Gasteiger partial charge in [0.25, 0.3) is 0 Å². The van der Waals surface area contributed by atoms with E-state index in [0.29, 0.717) is 0 Å². The quantitative estimate of drug-likeness (QED) is 0.766. The van der Waals surface area contributed by atoms with Crippen molar-refractivity contribution in [1.29, 1.82) is 0 Å². The second-order valence-electron chi connectivity index (χ2n) is 3.14. The van der Waals surface area contributed by atoms with Gasteiger partial charge in [0.15, 0.2) is 6.29 Å². The van der Waals surface area contributed by atoms with Crippen LogP contribution in [0.3, 0.4) is 0 Å². The molecular formula is C11H10O2S. The molecule has 2 aromatic rings. The molecule has 0 radical (unpaired) electrons. The molecule has 0 amide bonds. The van der Waals surface area contributed by atoms with Crippen LogP contribution < -0.4 is 0 Å². The van der Waals surface area contributed by atoms with Crippen molar-refractivity contribution in [2.24, 2.45) is 0 Å². The molecule has 14 heavy (non-hydrogen) atoms. The third-order valence-electron chi connectivity index (χ3n) is 2.31. The summed E-state index contributed by atoms with van der Waals surface area (Å²) in [5.74, 6) is 0. The van der Waals surface area contributed by atoms with Crippen molar-refractivity contribution in [3.63, 3.8) is 0 Å². The highest BCUT2D eigenvalue weighted by Crippen LogP contribution is 2.32. The maximum atomic E-state index is 10.9. The molecule has 0 saturated carbocycles. The van der Waals surface area contributed by atoms with Crippen LogP contribution in [0, 0.1) is 6.92 Å². The monoisotopic (exact) mass is 206 g/mol. The van der Waals surface area contributed by atoms with Crippen LogP contribution in [0.4, 0.5) is 0 Å². The molecule has 3 heteroatoms. The van der Waals surface area contributed by atoms with Gasteiger partial charge in [-0.2, -0.15) is 0 Å². The fourth-order valence-electron chi connectivity index (χ4n) is 1.64. The van der Waals surface area contributed by atoms with Gasteiger partial charge in [-0.25, -0.2) is 0 Å². The van der Waals surface area contributed by atoms with Crippen molar-refractivity contribution >= 4 is 27.7 Å². The predicted molar refractivity (Wildman–Crippen MR) is 57.9 cm³/mol. The molecule has 72 valence electrons. The summed E-state index contributed by atoms with van der Waals surface area (Å²) in [4.78, 5) is 11.9. The van der Waals surface area contributed by atoms with E-state index < -0.39 is 0 Å². The zero-order valence-electron chi connectivity index (χ0n) is 7.78. The van der Waals surface area contributed by atoms with Gasteiger partial charge in [-0.1, -0.05) is 12.1 Å². The number of carbonyl (C=O) groups is 1. The van der Waals surface area contributed by atoms with E-state index in [1.807, 2.05) is 25.1 Å². The Kier molecular flexibility index (Phi) is 2.35. The van der Waals surface area contributed by atoms with Crippen LogP contribution in [0.25, 0.3) is 10.1 Å². The number of aliphatic hydroxyl groups is 1. The first kappa shape index (κ1) is 9.37. The molecule has 2 nitrogen and oxygen atoms in total. The summed E-state index contributed by atoms with van der Waals surface area (Å²) in [5.41, 5.74) is 1.55. The Bertz CT molecular complexity index is 485. The molecule has 1 heterocycles. The van der Waals surface area contributed by atoms with Crippen LogP contribution in [-0.2, 0) is 6.61 Å². The van der Waals surface area contributed by atoms with E-state index in [2.05, 4.69) is 0 Å². The normalized spacial score (nSPS) is 10.7. The second-order valence-corrected chi connectivity index (χ2v) is 4.39. The van der Waals surface area contributed by atoms with Gasteiger partial charge in [0.1, 0.15) is 0 Å². The molecule has 0 aliphatic carbocycles. The Morgan fingerprint density at radius 3 is 2.93 bits per heavy atom. The fraction of sp³-hybridized carbons (Fsp3) is 0.182. The zero-order valence-corrected chi connectivity index (χ0v) is 8.60. The predicted octanol–water partition coefficient (Wildman–Crippen LogP) is 2.51. The van der Waals surface area contributed by atoms with E-state index >= 15 is 0 Å². The average molecular weight is 206 g/mol. The summed E-state index contributed by atoms with van der Waals surface area (Å²) >= 11 is 1.59. The maximum Gasteiger partial charge on any atom is 0.151 e. The molecule has 2 rings (SSSR count). The Morgan fingerprint density at radius 2 is 2.29 bits per heavy atom. The van der Waals surface area contributed by atoms with Gasteiger partial charge in [0.2, 0.25) is 0 Å². The fourth-order valence-corrected chi connectivity index (χ4v) is 2.72. The number of hydrogen-bond acceptors (Lipinski definition) is 3. The topological polar surface area (TPSA) is 37.3 Å². The number of aryl methyl sites for hydroxylation is 1. The molecule has 0 atom stereocenters. The van der Waals surface area contributed by atoms with Crippen LogP contribution in [0.1, 0.15) is 20.8 Å². The van der Waals surface area contributed by atoms with E-state index in [4.69, 9.17) is 5.11 Å². The van der Waals surface area contributed by atoms with Gasteiger partial charge in [-0.3, -0.25) is 4.79 Å². The van der Waals surface area contributed by atoms with Crippen LogP contribution >= 0.6 is 11.3 Å². The number of aliphatic hydroxyl groups excluding tert-OH is 1. The smallest absolute Gasteiger partial charge is 0.151 e. The minimum absolute atomic E-state index is 0.0195. The zero-order chi connectivity index (χ0) is 10.1. The molecular weight excluding hydrogens is 196 g/mol. The molecule has 1 aromatic heterocycles. The summed E-state index contributed by atoms with van der Waals surface area (Å²) in [6, 6.07) is 5.72. The van der Waals surface area contributed by atoms with Crippen LogP contribution in [0.2, 0.25) is 0 Å². The Morgan fingerprint density at radius 1 is 1.50 bits per heavy atom. The highest BCUT2D eigenvalue weighted by atomic mass is 32.1. The highest BCUT2D eigenvalue weighted by molar-refractivity contribution is 7.19. The van der Waals surface area contributed by atoms with Crippen molar-refractivity contribution in [3.05, 3.63) is 34.2 Å². The minimum Gasteiger partial charge on any atom is -0.392 e.